The molecule has 0 radical (unpaired) electrons. The van der Waals surface area contributed by atoms with Gasteiger partial charge in [-0.3, -0.25) is 4.79 Å². The van der Waals surface area contributed by atoms with Crippen molar-refractivity contribution < 1.29 is 4.79 Å². The molecule has 72 valence electrons. The molecular weight excluding hydrogens is 172 g/mol. The molecule has 0 bridgehead atoms. The van der Waals surface area contributed by atoms with Crippen molar-refractivity contribution in [3.8, 4) is 0 Å². The predicted molar refractivity (Wildman–Crippen MR) is 55.9 cm³/mol. The van der Waals surface area contributed by atoms with Gasteiger partial charge in [-0.25, -0.2) is 0 Å². The van der Waals surface area contributed by atoms with Crippen molar-refractivity contribution >= 4 is 5.78 Å². The molecule has 0 aromatic heterocycles. The molecule has 14 heavy (non-hydrogen) atoms. The molecule has 0 aliphatic heterocycles. The third-order valence-electron chi connectivity index (χ3n) is 3.46. The summed E-state index contributed by atoms with van der Waals surface area (Å²) in [6, 6.07) is 0. The van der Waals surface area contributed by atoms with E-state index < -0.39 is 0 Å². The molecule has 0 saturated heterocycles. The summed E-state index contributed by atoms with van der Waals surface area (Å²) in [5.41, 5.74) is 5.27. The largest absolute Gasteiger partial charge is 0.294 e. The summed E-state index contributed by atoms with van der Waals surface area (Å²) in [5.74, 6) is 0.369. The van der Waals surface area contributed by atoms with Gasteiger partial charge in [-0.05, 0) is 54.9 Å². The Kier molecular flexibility index (Phi) is 1.73. The summed E-state index contributed by atoms with van der Waals surface area (Å²) in [4.78, 5) is 11.7. The fraction of sp³-hybridized carbons (Fsp3) is 0.462. The van der Waals surface area contributed by atoms with Crippen LogP contribution in [0.2, 0.25) is 0 Å². The van der Waals surface area contributed by atoms with Crippen LogP contribution in [0.5, 0.6) is 0 Å². The fourth-order valence-electron chi connectivity index (χ4n) is 2.78. The highest BCUT2D eigenvalue weighted by Crippen LogP contribution is 2.42. The number of carbonyl (C=O) groups is 1. The minimum Gasteiger partial charge on any atom is -0.294 e. The average molecular weight is 186 g/mol. The first-order chi connectivity index (χ1) is 6.86. The van der Waals surface area contributed by atoms with Crippen molar-refractivity contribution in [1.82, 2.24) is 0 Å². The number of allylic oxidation sites excluding steroid dienone is 6. The summed E-state index contributed by atoms with van der Waals surface area (Å²) in [5, 5.41) is 0. The highest BCUT2D eigenvalue weighted by Gasteiger charge is 2.29. The number of hydrogen-bond donors (Lipinski definition) is 0. The molecule has 0 aromatic rings. The van der Waals surface area contributed by atoms with E-state index in [1.54, 1.807) is 0 Å². The van der Waals surface area contributed by atoms with Crippen molar-refractivity contribution in [2.75, 3.05) is 0 Å². The Hall–Kier alpha value is -1.11. The molecule has 0 aromatic carbocycles. The SMILES string of the molecule is O=C1CCCC2=C3CCCC=C3C=C12. The van der Waals surface area contributed by atoms with Crippen LogP contribution in [0.4, 0.5) is 0 Å². The lowest BCUT2D eigenvalue weighted by molar-refractivity contribution is -0.115. The third-order valence-corrected chi connectivity index (χ3v) is 3.46. The van der Waals surface area contributed by atoms with E-state index in [4.69, 9.17) is 0 Å². The van der Waals surface area contributed by atoms with Gasteiger partial charge < -0.3 is 0 Å². The fourth-order valence-corrected chi connectivity index (χ4v) is 2.78. The Morgan fingerprint density at radius 1 is 1.00 bits per heavy atom. The molecule has 0 amide bonds. The van der Waals surface area contributed by atoms with Gasteiger partial charge in [0.15, 0.2) is 5.78 Å². The molecule has 3 aliphatic rings. The maximum Gasteiger partial charge on any atom is 0.163 e. The van der Waals surface area contributed by atoms with Crippen LogP contribution in [0.25, 0.3) is 0 Å². The predicted octanol–water partition coefficient (Wildman–Crippen LogP) is 3.09. The van der Waals surface area contributed by atoms with Crippen LogP contribution < -0.4 is 0 Å². The maximum atomic E-state index is 11.7. The smallest absolute Gasteiger partial charge is 0.163 e. The normalized spacial score (nSPS) is 25.6. The topological polar surface area (TPSA) is 17.1 Å². The van der Waals surface area contributed by atoms with Gasteiger partial charge in [0.1, 0.15) is 0 Å². The summed E-state index contributed by atoms with van der Waals surface area (Å²) in [6.07, 6.45) is 11.0. The van der Waals surface area contributed by atoms with Gasteiger partial charge in [-0.1, -0.05) is 6.08 Å². The van der Waals surface area contributed by atoms with Crippen molar-refractivity contribution in [2.45, 2.75) is 38.5 Å². The van der Waals surface area contributed by atoms with Crippen molar-refractivity contribution in [3.05, 3.63) is 34.4 Å². The number of hydrogen-bond acceptors (Lipinski definition) is 1. The van der Waals surface area contributed by atoms with Gasteiger partial charge in [0.2, 0.25) is 0 Å². The van der Waals surface area contributed by atoms with Crippen molar-refractivity contribution in [2.24, 2.45) is 0 Å². The quantitative estimate of drug-likeness (QED) is 0.568. The van der Waals surface area contributed by atoms with Crippen LogP contribution in [0, 0.1) is 0 Å². The van der Waals surface area contributed by atoms with Gasteiger partial charge in [-0.15, -0.1) is 0 Å². The first-order valence-corrected chi connectivity index (χ1v) is 5.54. The van der Waals surface area contributed by atoms with Crippen molar-refractivity contribution in [1.29, 1.82) is 0 Å². The van der Waals surface area contributed by atoms with Crippen LogP contribution in [-0.4, -0.2) is 5.78 Å². The van der Waals surface area contributed by atoms with E-state index in [-0.39, 0.29) is 0 Å². The lowest BCUT2D eigenvalue weighted by Gasteiger charge is -2.17. The average Bonchev–Trinajstić information content (AvgIpc) is 2.59. The van der Waals surface area contributed by atoms with Crippen LogP contribution in [-0.2, 0) is 4.79 Å². The van der Waals surface area contributed by atoms with Gasteiger partial charge in [-0.2, -0.15) is 0 Å². The highest BCUT2D eigenvalue weighted by atomic mass is 16.1. The van der Waals surface area contributed by atoms with Gasteiger partial charge in [0, 0.05) is 12.0 Å². The molecule has 0 atom stereocenters. The molecule has 0 heterocycles. The summed E-state index contributed by atoms with van der Waals surface area (Å²) in [6.45, 7) is 0. The second-order valence-electron chi connectivity index (χ2n) is 4.34. The van der Waals surface area contributed by atoms with Crippen molar-refractivity contribution in [3.63, 3.8) is 0 Å². The number of carbonyl (C=O) groups excluding carboxylic acids is 1. The molecule has 1 saturated carbocycles. The second kappa shape index (κ2) is 2.94. The molecule has 1 nitrogen and oxygen atoms in total. The molecule has 0 N–H and O–H groups in total. The van der Waals surface area contributed by atoms with E-state index >= 15 is 0 Å². The van der Waals surface area contributed by atoms with E-state index in [1.807, 2.05) is 0 Å². The van der Waals surface area contributed by atoms with Gasteiger partial charge in [0.25, 0.3) is 0 Å². The van der Waals surface area contributed by atoms with E-state index in [9.17, 15) is 4.79 Å². The molecule has 1 heteroatoms. The molecular formula is C13H14O. The van der Waals surface area contributed by atoms with Gasteiger partial charge >= 0.3 is 0 Å². The first-order valence-electron chi connectivity index (χ1n) is 5.54. The van der Waals surface area contributed by atoms with Crippen LogP contribution >= 0.6 is 0 Å². The maximum absolute atomic E-state index is 11.7. The van der Waals surface area contributed by atoms with Crippen LogP contribution in [0.3, 0.4) is 0 Å². The molecule has 0 spiro atoms. The van der Waals surface area contributed by atoms with E-state index in [0.717, 1.165) is 24.8 Å². The van der Waals surface area contributed by atoms with E-state index in [0.29, 0.717) is 5.78 Å². The van der Waals surface area contributed by atoms with Crippen LogP contribution in [0.15, 0.2) is 34.4 Å². The Labute approximate surface area is 84.2 Å². The van der Waals surface area contributed by atoms with Crippen LogP contribution in [0.1, 0.15) is 38.5 Å². The Morgan fingerprint density at radius 2 is 1.86 bits per heavy atom. The lowest BCUT2D eigenvalue weighted by atomic mass is 9.87. The highest BCUT2D eigenvalue weighted by molar-refractivity contribution is 6.03. The first kappa shape index (κ1) is 8.22. The molecule has 1 fully saturated rings. The summed E-state index contributed by atoms with van der Waals surface area (Å²) >= 11 is 0. The third kappa shape index (κ3) is 1.05. The monoisotopic (exact) mass is 186 g/mol. The zero-order chi connectivity index (χ0) is 9.54. The standard InChI is InChI=1S/C13H14O/c14-13-7-3-6-11-10-5-2-1-4-9(10)8-12(11)13/h4,8H,1-3,5-7H2. The summed E-state index contributed by atoms with van der Waals surface area (Å²) in [7, 11) is 0. The zero-order valence-electron chi connectivity index (χ0n) is 8.31. The Morgan fingerprint density at radius 3 is 2.79 bits per heavy atom. The van der Waals surface area contributed by atoms with E-state index in [1.165, 1.54) is 36.0 Å². The lowest BCUT2D eigenvalue weighted by Crippen LogP contribution is -2.10. The molecule has 3 aliphatic carbocycles. The number of fused-ring (bicyclic) bond motifs is 2. The zero-order valence-corrected chi connectivity index (χ0v) is 8.31. The number of ketones is 1. The molecule has 0 unspecified atom stereocenters. The van der Waals surface area contributed by atoms with E-state index in [2.05, 4.69) is 12.2 Å². The molecule has 3 rings (SSSR count). The summed E-state index contributed by atoms with van der Waals surface area (Å²) < 4.78 is 0. The Bertz CT molecular complexity index is 393. The minimum atomic E-state index is 0.369. The minimum absolute atomic E-state index is 0.369. The number of Topliss-reactive ketones (excluding diaryl/α,β-unsaturated/α-hetero) is 1. The number of rotatable bonds is 0. The van der Waals surface area contributed by atoms with Gasteiger partial charge in [0.05, 0.1) is 0 Å². The second-order valence-corrected chi connectivity index (χ2v) is 4.34. The Balaban J connectivity index is 2.13.